The first kappa shape index (κ1) is 20.3. The normalized spacial score (nSPS) is 17.7. The topological polar surface area (TPSA) is 81.1 Å². The molecule has 1 aromatic heterocycles. The second kappa shape index (κ2) is 8.39. The monoisotopic (exact) mass is 423 g/mol. The summed E-state index contributed by atoms with van der Waals surface area (Å²) in [4.78, 5) is 13.3. The molecule has 0 saturated heterocycles. The third-order valence-electron chi connectivity index (χ3n) is 5.27. The minimum atomic E-state index is -0.418. The Morgan fingerprint density at radius 1 is 1.17 bits per heavy atom. The number of benzene rings is 2. The van der Waals surface area contributed by atoms with E-state index in [1.165, 1.54) is 11.8 Å². The Bertz CT molecular complexity index is 1060. The fourth-order valence-electron chi connectivity index (χ4n) is 3.44. The molecule has 30 heavy (non-hydrogen) atoms. The second-order valence-electron chi connectivity index (χ2n) is 7.25. The number of fused-ring (bicyclic) bond motifs is 1. The standard InChI is InChI=1S/C22H25N5O2S/c1-5-29-17-11-9-16(10-12-17)19-20(30-22-25-24-15(4)27(22)26-19)21(28)23-18-8-6-7-13(2)14(18)3/h6-12,19-20,26H,5H2,1-4H3,(H,23,28)/t19-,20+/m0/s1. The summed E-state index contributed by atoms with van der Waals surface area (Å²) in [7, 11) is 0. The summed E-state index contributed by atoms with van der Waals surface area (Å²) in [5.41, 5.74) is 7.45. The van der Waals surface area contributed by atoms with E-state index in [-0.39, 0.29) is 11.9 Å². The van der Waals surface area contributed by atoms with E-state index >= 15 is 0 Å². The van der Waals surface area contributed by atoms with Gasteiger partial charge in [-0.1, -0.05) is 36.0 Å². The molecular formula is C22H25N5O2S. The van der Waals surface area contributed by atoms with Crippen LogP contribution in [0.25, 0.3) is 0 Å². The zero-order chi connectivity index (χ0) is 21.3. The molecule has 0 spiro atoms. The van der Waals surface area contributed by atoms with Crippen LogP contribution in [0, 0.1) is 20.8 Å². The summed E-state index contributed by atoms with van der Waals surface area (Å²) in [6.45, 7) is 8.51. The van der Waals surface area contributed by atoms with Gasteiger partial charge in [-0.15, -0.1) is 10.2 Å². The van der Waals surface area contributed by atoms with Crippen LogP contribution >= 0.6 is 11.8 Å². The predicted molar refractivity (Wildman–Crippen MR) is 119 cm³/mol. The third kappa shape index (κ3) is 3.87. The zero-order valence-electron chi connectivity index (χ0n) is 17.5. The summed E-state index contributed by atoms with van der Waals surface area (Å²) in [5.74, 6) is 1.48. The Hall–Kier alpha value is -3.00. The van der Waals surface area contributed by atoms with Crippen molar-refractivity contribution in [3.05, 3.63) is 65.0 Å². The van der Waals surface area contributed by atoms with Gasteiger partial charge in [-0.05, 0) is 62.6 Å². The number of amides is 1. The van der Waals surface area contributed by atoms with E-state index in [9.17, 15) is 4.79 Å². The average Bonchev–Trinajstić information content (AvgIpc) is 3.11. The van der Waals surface area contributed by atoms with Crippen LogP contribution in [0.15, 0.2) is 47.6 Å². The lowest BCUT2D eigenvalue weighted by atomic mass is 10.0. The Balaban J connectivity index is 1.65. The average molecular weight is 424 g/mol. The summed E-state index contributed by atoms with van der Waals surface area (Å²) in [6.07, 6.45) is 0. The van der Waals surface area contributed by atoms with Gasteiger partial charge in [0.05, 0.1) is 12.6 Å². The van der Waals surface area contributed by atoms with E-state index in [1.807, 2.05) is 74.8 Å². The Morgan fingerprint density at radius 2 is 1.93 bits per heavy atom. The molecule has 1 amide bonds. The third-order valence-corrected chi connectivity index (χ3v) is 6.48. The molecule has 0 saturated carbocycles. The summed E-state index contributed by atoms with van der Waals surface area (Å²) >= 11 is 1.42. The molecule has 8 heteroatoms. The van der Waals surface area contributed by atoms with Crippen LogP contribution < -0.4 is 15.5 Å². The molecule has 0 fully saturated rings. The highest BCUT2D eigenvalue weighted by atomic mass is 32.2. The lowest BCUT2D eigenvalue weighted by Gasteiger charge is -2.33. The molecule has 2 N–H and O–H groups in total. The van der Waals surface area contributed by atoms with Gasteiger partial charge in [0.15, 0.2) is 0 Å². The maximum absolute atomic E-state index is 13.3. The number of carbonyl (C=O) groups is 1. The zero-order valence-corrected chi connectivity index (χ0v) is 18.3. The van der Waals surface area contributed by atoms with E-state index in [4.69, 9.17) is 4.74 Å². The quantitative estimate of drug-likeness (QED) is 0.646. The Labute approximate surface area is 180 Å². The van der Waals surface area contributed by atoms with Crippen LogP contribution in [0.5, 0.6) is 5.75 Å². The van der Waals surface area contributed by atoms with Gasteiger partial charge in [0.2, 0.25) is 11.1 Å². The van der Waals surface area contributed by atoms with Crippen LogP contribution in [0.2, 0.25) is 0 Å². The maximum Gasteiger partial charge on any atom is 0.240 e. The lowest BCUT2D eigenvalue weighted by Crippen LogP contribution is -2.41. The number of nitrogens with one attached hydrogen (secondary N) is 2. The lowest BCUT2D eigenvalue weighted by molar-refractivity contribution is -0.116. The summed E-state index contributed by atoms with van der Waals surface area (Å²) in [5, 5.41) is 11.7. The van der Waals surface area contributed by atoms with E-state index in [0.717, 1.165) is 34.0 Å². The molecule has 0 bridgehead atoms. The second-order valence-corrected chi connectivity index (χ2v) is 8.36. The number of aryl methyl sites for hydroxylation is 2. The molecule has 2 atom stereocenters. The summed E-state index contributed by atoms with van der Waals surface area (Å²) < 4.78 is 7.40. The maximum atomic E-state index is 13.3. The molecular weight excluding hydrogens is 398 g/mol. The highest BCUT2D eigenvalue weighted by Gasteiger charge is 2.37. The molecule has 2 aromatic carbocycles. The molecule has 0 radical (unpaired) electrons. The van der Waals surface area contributed by atoms with Gasteiger partial charge in [0, 0.05) is 5.69 Å². The molecule has 1 aliphatic rings. The molecule has 3 aromatic rings. The smallest absolute Gasteiger partial charge is 0.240 e. The number of carbonyl (C=O) groups excluding carboxylic acids is 1. The van der Waals surface area contributed by atoms with Crippen molar-refractivity contribution >= 4 is 23.4 Å². The first-order valence-electron chi connectivity index (χ1n) is 9.93. The predicted octanol–water partition coefficient (Wildman–Crippen LogP) is 4.00. The van der Waals surface area contributed by atoms with Crippen LogP contribution in [0.1, 0.15) is 35.5 Å². The Kier molecular flexibility index (Phi) is 5.67. The summed E-state index contributed by atoms with van der Waals surface area (Å²) in [6, 6.07) is 13.5. The SMILES string of the molecule is CCOc1ccc([C@@H]2Nn3c(C)nnc3S[C@H]2C(=O)Nc2cccc(C)c2C)cc1. The highest BCUT2D eigenvalue weighted by molar-refractivity contribution is 8.00. The van der Waals surface area contributed by atoms with E-state index in [2.05, 4.69) is 20.9 Å². The largest absolute Gasteiger partial charge is 0.494 e. The number of rotatable bonds is 5. The molecule has 4 rings (SSSR count). The fraction of sp³-hybridized carbons (Fsp3) is 0.318. The number of aromatic nitrogens is 3. The Morgan fingerprint density at radius 3 is 2.67 bits per heavy atom. The fourth-order valence-corrected chi connectivity index (χ4v) is 4.56. The van der Waals surface area contributed by atoms with Gasteiger partial charge < -0.3 is 15.5 Å². The number of hydrogen-bond acceptors (Lipinski definition) is 6. The van der Waals surface area contributed by atoms with Crippen molar-refractivity contribution in [2.75, 3.05) is 17.3 Å². The van der Waals surface area contributed by atoms with Crippen molar-refractivity contribution in [2.45, 2.75) is 44.1 Å². The molecule has 0 unspecified atom stereocenters. The number of anilines is 1. The number of thioether (sulfide) groups is 1. The minimum absolute atomic E-state index is 0.0769. The molecule has 2 heterocycles. The van der Waals surface area contributed by atoms with Gasteiger partial charge in [0.25, 0.3) is 0 Å². The first-order chi connectivity index (χ1) is 14.5. The van der Waals surface area contributed by atoms with Gasteiger partial charge in [-0.2, -0.15) is 0 Å². The van der Waals surface area contributed by atoms with Crippen LogP contribution in [-0.2, 0) is 4.79 Å². The van der Waals surface area contributed by atoms with E-state index in [1.54, 1.807) is 0 Å². The number of nitrogens with zero attached hydrogens (tertiary/aromatic N) is 3. The van der Waals surface area contributed by atoms with Gasteiger partial charge in [0.1, 0.15) is 16.8 Å². The molecule has 0 aliphatic carbocycles. The highest BCUT2D eigenvalue weighted by Crippen LogP contribution is 2.38. The van der Waals surface area contributed by atoms with Crippen molar-refractivity contribution in [3.8, 4) is 5.75 Å². The minimum Gasteiger partial charge on any atom is -0.494 e. The molecule has 1 aliphatic heterocycles. The van der Waals surface area contributed by atoms with Crippen LogP contribution in [0.4, 0.5) is 5.69 Å². The van der Waals surface area contributed by atoms with Gasteiger partial charge in [-0.3, -0.25) is 4.79 Å². The van der Waals surface area contributed by atoms with E-state index < -0.39 is 5.25 Å². The van der Waals surface area contributed by atoms with Crippen molar-refractivity contribution in [3.63, 3.8) is 0 Å². The number of ether oxygens (including phenoxy) is 1. The van der Waals surface area contributed by atoms with Crippen LogP contribution in [-0.4, -0.2) is 32.6 Å². The van der Waals surface area contributed by atoms with E-state index in [0.29, 0.717) is 11.8 Å². The number of hydrogen-bond donors (Lipinski definition) is 2. The van der Waals surface area contributed by atoms with Crippen molar-refractivity contribution in [1.29, 1.82) is 0 Å². The molecule has 7 nitrogen and oxygen atoms in total. The van der Waals surface area contributed by atoms with Crippen molar-refractivity contribution in [2.24, 2.45) is 0 Å². The van der Waals surface area contributed by atoms with Crippen LogP contribution in [0.3, 0.4) is 0 Å². The van der Waals surface area contributed by atoms with Gasteiger partial charge >= 0.3 is 0 Å². The molecule has 156 valence electrons. The van der Waals surface area contributed by atoms with Gasteiger partial charge in [-0.25, -0.2) is 4.68 Å². The van der Waals surface area contributed by atoms with Crippen molar-refractivity contribution < 1.29 is 9.53 Å². The first-order valence-corrected chi connectivity index (χ1v) is 10.8. The van der Waals surface area contributed by atoms with Crippen molar-refractivity contribution in [1.82, 2.24) is 14.9 Å².